The Morgan fingerprint density at radius 3 is 2.68 bits per heavy atom. The predicted octanol–water partition coefficient (Wildman–Crippen LogP) is 2.81. The van der Waals surface area contributed by atoms with Crippen molar-refractivity contribution in [2.45, 2.75) is 52.6 Å². The summed E-state index contributed by atoms with van der Waals surface area (Å²) in [7, 11) is 0. The monoisotopic (exact) mass is 308 g/mol. The fourth-order valence-corrected chi connectivity index (χ4v) is 2.23. The zero-order chi connectivity index (χ0) is 16.1. The van der Waals surface area contributed by atoms with Crippen LogP contribution in [0, 0.1) is 5.92 Å². The van der Waals surface area contributed by atoms with Crippen molar-refractivity contribution < 1.29 is 9.47 Å². The van der Waals surface area contributed by atoms with Gasteiger partial charge >= 0.3 is 0 Å². The molecule has 1 unspecified atom stereocenters. The predicted molar refractivity (Wildman–Crippen MR) is 88.3 cm³/mol. The number of anilines is 2. The third-order valence-corrected chi connectivity index (χ3v) is 3.52. The van der Waals surface area contributed by atoms with E-state index in [1.807, 2.05) is 0 Å². The summed E-state index contributed by atoms with van der Waals surface area (Å²) in [5.74, 6) is 2.49. The number of hydrogen-bond acceptors (Lipinski definition) is 6. The van der Waals surface area contributed by atoms with Gasteiger partial charge in [0, 0.05) is 19.1 Å². The number of nitrogen functional groups attached to an aromatic ring is 1. The van der Waals surface area contributed by atoms with Crippen molar-refractivity contribution in [2.24, 2.45) is 5.92 Å². The van der Waals surface area contributed by atoms with E-state index < -0.39 is 0 Å². The molecule has 0 amide bonds. The van der Waals surface area contributed by atoms with Crippen LogP contribution >= 0.6 is 0 Å². The summed E-state index contributed by atoms with van der Waals surface area (Å²) in [6.45, 7) is 10.4. The summed E-state index contributed by atoms with van der Waals surface area (Å²) in [6, 6.07) is 0. The van der Waals surface area contributed by atoms with E-state index in [1.165, 1.54) is 0 Å². The van der Waals surface area contributed by atoms with Crippen molar-refractivity contribution >= 4 is 11.5 Å². The van der Waals surface area contributed by atoms with Crippen LogP contribution in [0.15, 0.2) is 0 Å². The van der Waals surface area contributed by atoms with Gasteiger partial charge < -0.3 is 20.5 Å². The van der Waals surface area contributed by atoms with Crippen molar-refractivity contribution in [3.63, 3.8) is 0 Å². The number of aromatic nitrogens is 2. The first-order valence-electron chi connectivity index (χ1n) is 8.13. The number of rotatable bonds is 7. The Morgan fingerprint density at radius 1 is 1.32 bits per heavy atom. The molecule has 2 heterocycles. The minimum absolute atomic E-state index is 0.213. The van der Waals surface area contributed by atoms with Gasteiger partial charge in [-0.25, -0.2) is 4.98 Å². The Morgan fingerprint density at radius 2 is 2.09 bits per heavy atom. The second kappa shape index (κ2) is 7.63. The lowest BCUT2D eigenvalue weighted by molar-refractivity contribution is 0.120. The van der Waals surface area contributed by atoms with Crippen molar-refractivity contribution in [3.05, 3.63) is 5.82 Å². The number of nitrogens with two attached hydrogens (primary N) is 1. The van der Waals surface area contributed by atoms with E-state index in [-0.39, 0.29) is 12.0 Å². The van der Waals surface area contributed by atoms with Crippen LogP contribution in [0.25, 0.3) is 0 Å². The van der Waals surface area contributed by atoms with Crippen LogP contribution in [0.3, 0.4) is 0 Å². The highest BCUT2D eigenvalue weighted by Crippen LogP contribution is 2.29. The van der Waals surface area contributed by atoms with E-state index >= 15 is 0 Å². The van der Waals surface area contributed by atoms with Gasteiger partial charge in [-0.3, -0.25) is 0 Å². The van der Waals surface area contributed by atoms with Crippen molar-refractivity contribution in [1.82, 2.24) is 9.97 Å². The first-order valence-corrected chi connectivity index (χ1v) is 8.13. The third kappa shape index (κ3) is 4.47. The van der Waals surface area contributed by atoms with Crippen molar-refractivity contribution in [3.8, 4) is 5.88 Å². The van der Waals surface area contributed by atoms with Gasteiger partial charge in [-0.1, -0.05) is 27.7 Å². The third-order valence-electron chi connectivity index (χ3n) is 3.52. The van der Waals surface area contributed by atoms with E-state index in [0.717, 1.165) is 25.3 Å². The Hall–Kier alpha value is -1.56. The van der Waals surface area contributed by atoms with Gasteiger partial charge in [0.05, 0.1) is 12.7 Å². The largest absolute Gasteiger partial charge is 0.476 e. The lowest BCUT2D eigenvalue weighted by atomic mass is 10.2. The maximum Gasteiger partial charge on any atom is 0.242 e. The van der Waals surface area contributed by atoms with Gasteiger partial charge in [0.1, 0.15) is 11.5 Å². The highest BCUT2D eigenvalue weighted by molar-refractivity contribution is 5.67. The molecule has 22 heavy (non-hydrogen) atoms. The molecule has 6 heteroatoms. The molecule has 1 atom stereocenters. The van der Waals surface area contributed by atoms with Gasteiger partial charge in [-0.15, -0.1) is 0 Å². The molecule has 1 aromatic heterocycles. The molecular formula is C16H28N4O2. The maximum absolute atomic E-state index is 6.17. The summed E-state index contributed by atoms with van der Waals surface area (Å²) >= 11 is 0. The van der Waals surface area contributed by atoms with E-state index in [9.17, 15) is 0 Å². The van der Waals surface area contributed by atoms with Gasteiger partial charge in [0.25, 0.3) is 0 Å². The molecule has 3 N–H and O–H groups in total. The van der Waals surface area contributed by atoms with E-state index in [2.05, 4.69) is 43.0 Å². The van der Waals surface area contributed by atoms with Gasteiger partial charge in [0.15, 0.2) is 5.82 Å². The highest BCUT2D eigenvalue weighted by Gasteiger charge is 2.19. The molecule has 1 saturated heterocycles. The average Bonchev–Trinajstić information content (AvgIpc) is 2.97. The number of nitrogens with zero attached hydrogens (tertiary/aromatic N) is 2. The molecule has 0 spiro atoms. The fourth-order valence-electron chi connectivity index (χ4n) is 2.23. The molecule has 0 saturated carbocycles. The quantitative estimate of drug-likeness (QED) is 0.806. The first-order chi connectivity index (χ1) is 10.5. The number of hydrogen-bond donors (Lipinski definition) is 2. The van der Waals surface area contributed by atoms with Gasteiger partial charge in [-0.2, -0.15) is 4.98 Å². The lowest BCUT2D eigenvalue weighted by Crippen LogP contribution is -2.21. The molecule has 124 valence electrons. The van der Waals surface area contributed by atoms with Crippen LogP contribution in [0.1, 0.15) is 52.3 Å². The standard InChI is InChI=1S/C16H28N4O2/c1-10(2)9-22-16-13(17)15(19-14(20-16)11(3)4)18-8-12-6-5-7-21-12/h10-12H,5-9,17H2,1-4H3,(H,18,19,20). The lowest BCUT2D eigenvalue weighted by Gasteiger charge is -2.17. The second-order valence-corrected chi connectivity index (χ2v) is 6.52. The minimum Gasteiger partial charge on any atom is -0.476 e. The zero-order valence-corrected chi connectivity index (χ0v) is 14.1. The number of nitrogens with one attached hydrogen (secondary N) is 1. The van der Waals surface area contributed by atoms with Gasteiger partial charge in [0.2, 0.25) is 5.88 Å². The van der Waals surface area contributed by atoms with Crippen LogP contribution in [0.4, 0.5) is 11.5 Å². The molecule has 0 aromatic carbocycles. The van der Waals surface area contributed by atoms with Crippen LogP contribution in [0.5, 0.6) is 5.88 Å². The Kier molecular flexibility index (Phi) is 5.83. The SMILES string of the molecule is CC(C)COc1nc(C(C)C)nc(NCC2CCCO2)c1N. The highest BCUT2D eigenvalue weighted by atomic mass is 16.5. The fraction of sp³-hybridized carbons (Fsp3) is 0.750. The Balaban J connectivity index is 2.14. The molecule has 6 nitrogen and oxygen atoms in total. The average molecular weight is 308 g/mol. The van der Waals surface area contributed by atoms with Crippen LogP contribution < -0.4 is 15.8 Å². The topological polar surface area (TPSA) is 82.3 Å². The van der Waals surface area contributed by atoms with Crippen molar-refractivity contribution in [2.75, 3.05) is 30.8 Å². The van der Waals surface area contributed by atoms with Crippen LogP contribution in [-0.2, 0) is 4.74 Å². The molecule has 1 aliphatic rings. The Labute approximate surface area is 132 Å². The molecule has 0 bridgehead atoms. The van der Waals surface area contributed by atoms with Crippen molar-refractivity contribution in [1.29, 1.82) is 0 Å². The maximum atomic E-state index is 6.17. The molecule has 2 rings (SSSR count). The smallest absolute Gasteiger partial charge is 0.242 e. The molecular weight excluding hydrogens is 280 g/mol. The van der Waals surface area contributed by atoms with E-state index in [4.69, 9.17) is 15.2 Å². The molecule has 1 aromatic rings. The normalized spacial score (nSPS) is 18.2. The summed E-state index contributed by atoms with van der Waals surface area (Å²) in [4.78, 5) is 8.99. The van der Waals surface area contributed by atoms with E-state index in [1.54, 1.807) is 0 Å². The zero-order valence-electron chi connectivity index (χ0n) is 14.1. The Bertz CT molecular complexity index is 485. The van der Waals surface area contributed by atoms with Crippen LogP contribution in [-0.4, -0.2) is 35.8 Å². The van der Waals surface area contributed by atoms with Crippen LogP contribution in [0.2, 0.25) is 0 Å². The minimum atomic E-state index is 0.213. The van der Waals surface area contributed by atoms with Gasteiger partial charge in [-0.05, 0) is 18.8 Å². The summed E-state index contributed by atoms with van der Waals surface area (Å²) < 4.78 is 11.4. The summed E-state index contributed by atoms with van der Waals surface area (Å²) in [5.41, 5.74) is 6.65. The molecule has 0 aliphatic carbocycles. The summed E-state index contributed by atoms with van der Waals surface area (Å²) in [5, 5.41) is 3.30. The van der Waals surface area contributed by atoms with E-state index in [0.29, 0.717) is 36.5 Å². The molecule has 0 radical (unpaired) electrons. The first kappa shape index (κ1) is 16.8. The molecule has 1 aliphatic heterocycles. The second-order valence-electron chi connectivity index (χ2n) is 6.52. The molecule has 1 fully saturated rings. The summed E-state index contributed by atoms with van der Waals surface area (Å²) in [6.07, 6.45) is 2.43. The number of ether oxygens (including phenoxy) is 2.